The monoisotopic (exact) mass is 362 g/mol. The largest absolute Gasteiger partial charge is 0.344 e. The van der Waals surface area contributed by atoms with Crippen LogP contribution in [0, 0.1) is 11.6 Å². The van der Waals surface area contributed by atoms with Gasteiger partial charge in [0.05, 0.1) is 26.2 Å². The second-order valence-electron chi connectivity index (χ2n) is 6.09. The zero-order valence-corrected chi connectivity index (χ0v) is 14.7. The first-order valence-corrected chi connectivity index (χ1v) is 9.09. The third-order valence-corrected chi connectivity index (χ3v) is 6.23. The Bertz CT molecular complexity index is 717. The summed E-state index contributed by atoms with van der Waals surface area (Å²) in [5.41, 5.74) is 0. The molecule has 0 aromatic heterocycles. The average Bonchev–Trinajstić information content (AvgIpc) is 2.53. The van der Waals surface area contributed by atoms with Gasteiger partial charge in [-0.2, -0.15) is 4.31 Å². The molecule has 6 nitrogen and oxygen atoms in total. The summed E-state index contributed by atoms with van der Waals surface area (Å²) in [5.74, 6) is -1.94. The van der Waals surface area contributed by atoms with Crippen LogP contribution in [0.4, 0.5) is 8.78 Å². The number of hydrogen-bond donors (Lipinski definition) is 1. The van der Waals surface area contributed by atoms with E-state index in [1.165, 1.54) is 9.21 Å². The minimum atomic E-state index is -4.01. The van der Waals surface area contributed by atoms with Crippen molar-refractivity contribution >= 4 is 15.9 Å². The van der Waals surface area contributed by atoms with E-state index in [0.29, 0.717) is 19.2 Å². The number of halogens is 2. The highest BCUT2D eigenvalue weighted by Crippen LogP contribution is 2.20. The van der Waals surface area contributed by atoms with Crippen LogP contribution < -0.4 is 4.90 Å². The number of sulfonamides is 1. The topological polar surface area (TPSA) is 62.1 Å². The number of likely N-dealkylation sites (N-methyl/N-ethyl adjacent to an activating group) is 1. The fraction of sp³-hybridized carbons (Fsp3) is 0.533. The zero-order valence-electron chi connectivity index (χ0n) is 13.9. The molecule has 1 aliphatic rings. The van der Waals surface area contributed by atoms with E-state index >= 15 is 0 Å². The summed E-state index contributed by atoms with van der Waals surface area (Å²) in [6.45, 7) is 3.06. The van der Waals surface area contributed by atoms with Gasteiger partial charge in [-0.15, -0.1) is 0 Å². The van der Waals surface area contributed by atoms with Gasteiger partial charge in [-0.25, -0.2) is 17.2 Å². The summed E-state index contributed by atoms with van der Waals surface area (Å²) in [6, 6.07) is 2.16. The lowest BCUT2D eigenvalue weighted by Crippen LogP contribution is -3.19. The highest BCUT2D eigenvalue weighted by molar-refractivity contribution is 7.89. The van der Waals surface area contributed by atoms with E-state index < -0.39 is 26.6 Å². The molecule has 1 aliphatic heterocycles. The Balaban J connectivity index is 2.10. The maximum absolute atomic E-state index is 13.8. The van der Waals surface area contributed by atoms with E-state index in [4.69, 9.17) is 0 Å². The number of amides is 1. The van der Waals surface area contributed by atoms with E-state index in [2.05, 4.69) is 0 Å². The molecule has 1 heterocycles. The van der Waals surface area contributed by atoms with Crippen molar-refractivity contribution in [1.29, 1.82) is 0 Å². The third-order valence-electron chi connectivity index (χ3n) is 4.30. The van der Waals surface area contributed by atoms with Crippen molar-refractivity contribution in [3.05, 3.63) is 29.8 Å². The predicted molar refractivity (Wildman–Crippen MR) is 84.0 cm³/mol. The molecule has 1 fully saturated rings. The van der Waals surface area contributed by atoms with Gasteiger partial charge >= 0.3 is 0 Å². The van der Waals surface area contributed by atoms with Gasteiger partial charge in [0.25, 0.3) is 5.91 Å². The minimum Gasteiger partial charge on any atom is -0.344 e. The highest BCUT2D eigenvalue weighted by Gasteiger charge is 2.35. The molecule has 1 aromatic rings. The summed E-state index contributed by atoms with van der Waals surface area (Å²) in [7, 11) is -0.658. The molecule has 1 amide bonds. The summed E-state index contributed by atoms with van der Waals surface area (Å²) in [5, 5.41) is 0. The summed E-state index contributed by atoms with van der Waals surface area (Å²) < 4.78 is 53.0. The first-order valence-electron chi connectivity index (χ1n) is 7.65. The summed E-state index contributed by atoms with van der Waals surface area (Å²) in [4.78, 5) is 14.0. The highest BCUT2D eigenvalue weighted by atomic mass is 32.2. The Morgan fingerprint density at radius 2 is 1.83 bits per heavy atom. The van der Waals surface area contributed by atoms with Crippen molar-refractivity contribution in [3.8, 4) is 0 Å². The van der Waals surface area contributed by atoms with Gasteiger partial charge in [0.15, 0.2) is 6.04 Å². The normalized spacial score (nSPS) is 18.4. The molecule has 0 radical (unpaired) electrons. The van der Waals surface area contributed by atoms with Crippen LogP contribution in [0.2, 0.25) is 0 Å². The number of piperazine rings is 1. The van der Waals surface area contributed by atoms with E-state index in [9.17, 15) is 22.0 Å². The van der Waals surface area contributed by atoms with Crippen molar-refractivity contribution < 1.29 is 26.9 Å². The fourth-order valence-corrected chi connectivity index (χ4v) is 4.32. The predicted octanol–water partition coefficient (Wildman–Crippen LogP) is -0.669. The van der Waals surface area contributed by atoms with E-state index in [0.717, 1.165) is 17.0 Å². The van der Waals surface area contributed by atoms with Crippen molar-refractivity contribution in [2.24, 2.45) is 0 Å². The second-order valence-corrected chi connectivity index (χ2v) is 8.00. The van der Waals surface area contributed by atoms with Crippen LogP contribution in [0.5, 0.6) is 0 Å². The molecule has 1 saturated heterocycles. The zero-order chi connectivity index (χ0) is 18.1. The second kappa shape index (κ2) is 7.12. The first kappa shape index (κ1) is 18.8. The van der Waals surface area contributed by atoms with Gasteiger partial charge in [0.2, 0.25) is 10.0 Å². The van der Waals surface area contributed by atoms with E-state index in [1.807, 2.05) is 6.92 Å². The smallest absolute Gasteiger partial charge is 0.280 e. The maximum atomic E-state index is 13.8. The molecule has 0 unspecified atom stereocenters. The van der Waals surface area contributed by atoms with Gasteiger partial charge < -0.3 is 9.80 Å². The van der Waals surface area contributed by atoms with E-state index in [-0.39, 0.29) is 25.0 Å². The number of hydrogen-bond acceptors (Lipinski definition) is 3. The van der Waals surface area contributed by atoms with Gasteiger partial charge in [0, 0.05) is 20.2 Å². The standard InChI is InChI=1S/C15H21F2N3O3S/c1-11(15(21)18(2)3)19-6-8-20(9-7-19)24(22,23)14-5-4-12(16)10-13(14)17/h4-5,10-11H,6-9H2,1-3H3/p+1/t11-/m1/s1. The Labute approximate surface area is 140 Å². The molecular formula is C15H22F2N3O3S+. The average molecular weight is 362 g/mol. The molecule has 0 bridgehead atoms. The molecule has 1 atom stereocenters. The number of quaternary nitrogens is 1. The van der Waals surface area contributed by atoms with Crippen molar-refractivity contribution in [3.63, 3.8) is 0 Å². The fourth-order valence-electron chi connectivity index (χ4n) is 2.83. The van der Waals surface area contributed by atoms with Crippen LogP contribution in [0.3, 0.4) is 0 Å². The van der Waals surface area contributed by atoms with Gasteiger partial charge in [-0.05, 0) is 19.1 Å². The molecule has 9 heteroatoms. The SMILES string of the molecule is C[C@H](C(=O)N(C)C)[NH+]1CCN(S(=O)(=O)c2ccc(F)cc2F)CC1. The summed E-state index contributed by atoms with van der Waals surface area (Å²) in [6.07, 6.45) is 0. The molecule has 24 heavy (non-hydrogen) atoms. The van der Waals surface area contributed by atoms with Crippen LogP contribution >= 0.6 is 0 Å². The van der Waals surface area contributed by atoms with Gasteiger partial charge in [-0.1, -0.05) is 0 Å². The third kappa shape index (κ3) is 3.73. The van der Waals surface area contributed by atoms with Gasteiger partial charge in [0.1, 0.15) is 16.5 Å². The molecule has 2 rings (SSSR count). The number of benzene rings is 1. The lowest BCUT2D eigenvalue weighted by Gasteiger charge is -2.34. The van der Waals surface area contributed by atoms with E-state index in [1.54, 1.807) is 14.1 Å². The Morgan fingerprint density at radius 3 is 2.33 bits per heavy atom. The summed E-state index contributed by atoms with van der Waals surface area (Å²) >= 11 is 0. The van der Waals surface area contributed by atoms with Crippen molar-refractivity contribution in [2.75, 3.05) is 40.3 Å². The number of rotatable bonds is 4. The van der Waals surface area contributed by atoms with Crippen molar-refractivity contribution in [2.45, 2.75) is 17.9 Å². The Morgan fingerprint density at radius 1 is 1.25 bits per heavy atom. The number of nitrogens with zero attached hydrogens (tertiary/aromatic N) is 2. The number of nitrogens with one attached hydrogen (secondary N) is 1. The Hall–Kier alpha value is -1.58. The van der Waals surface area contributed by atoms with Crippen LogP contribution in [-0.2, 0) is 14.8 Å². The van der Waals surface area contributed by atoms with Crippen LogP contribution in [0.25, 0.3) is 0 Å². The number of carbonyl (C=O) groups is 1. The molecule has 1 N–H and O–H groups in total. The molecular weight excluding hydrogens is 340 g/mol. The number of carbonyl (C=O) groups excluding carboxylic acids is 1. The van der Waals surface area contributed by atoms with Crippen LogP contribution in [0.1, 0.15) is 6.92 Å². The van der Waals surface area contributed by atoms with Crippen molar-refractivity contribution in [1.82, 2.24) is 9.21 Å². The molecule has 134 valence electrons. The lowest BCUT2D eigenvalue weighted by molar-refractivity contribution is -0.917. The quantitative estimate of drug-likeness (QED) is 0.773. The minimum absolute atomic E-state index is 0.0223. The van der Waals surface area contributed by atoms with Gasteiger partial charge in [-0.3, -0.25) is 4.79 Å². The lowest BCUT2D eigenvalue weighted by atomic mass is 10.2. The molecule has 0 aliphatic carbocycles. The molecule has 0 saturated carbocycles. The van der Waals surface area contributed by atoms with Crippen LogP contribution in [0.15, 0.2) is 23.1 Å². The van der Waals surface area contributed by atoms with Crippen LogP contribution in [-0.4, -0.2) is 69.8 Å². The molecule has 0 spiro atoms. The maximum Gasteiger partial charge on any atom is 0.280 e. The Kier molecular flexibility index (Phi) is 5.56. The molecule has 1 aromatic carbocycles. The first-order chi connectivity index (χ1) is 11.1.